The summed E-state index contributed by atoms with van der Waals surface area (Å²) in [5.41, 5.74) is 0.510. The molecular weight excluding hydrogens is 304 g/mol. The number of carbonyl (C=O) groups is 2. The number of hydrogen-bond acceptors (Lipinski definition) is 2. The van der Waals surface area contributed by atoms with Gasteiger partial charge in [-0.2, -0.15) is 0 Å². The number of urea groups is 1. The lowest BCUT2D eigenvalue weighted by atomic mass is 10.0. The summed E-state index contributed by atoms with van der Waals surface area (Å²) >= 11 is 5.83. The van der Waals surface area contributed by atoms with E-state index in [4.69, 9.17) is 11.6 Å². The zero-order valence-corrected chi connectivity index (χ0v) is 13.8. The van der Waals surface area contributed by atoms with E-state index in [1.165, 1.54) is 0 Å². The Kier molecular flexibility index (Phi) is 5.71. The normalized spacial score (nSPS) is 15.7. The first kappa shape index (κ1) is 16.7. The van der Waals surface area contributed by atoms with Gasteiger partial charge in [-0.15, -0.1) is 0 Å². The summed E-state index contributed by atoms with van der Waals surface area (Å²) in [4.78, 5) is 30.7. The maximum absolute atomic E-state index is 12.3. The highest BCUT2D eigenvalue weighted by atomic mass is 35.5. The van der Waals surface area contributed by atoms with E-state index in [9.17, 15) is 9.59 Å². The van der Waals surface area contributed by atoms with Crippen molar-refractivity contribution in [2.24, 2.45) is 0 Å². The van der Waals surface area contributed by atoms with E-state index >= 15 is 0 Å². The van der Waals surface area contributed by atoms with Gasteiger partial charge in [0.25, 0.3) is 5.91 Å². The van der Waals surface area contributed by atoms with Crippen molar-refractivity contribution in [1.29, 1.82) is 0 Å². The van der Waals surface area contributed by atoms with Gasteiger partial charge in [0.05, 0.1) is 5.02 Å². The van der Waals surface area contributed by atoms with Crippen molar-refractivity contribution in [3.05, 3.63) is 23.0 Å². The molecule has 2 heterocycles. The van der Waals surface area contributed by atoms with Crippen LogP contribution in [-0.4, -0.2) is 58.9 Å². The summed E-state index contributed by atoms with van der Waals surface area (Å²) < 4.78 is 0. The van der Waals surface area contributed by atoms with E-state index in [0.29, 0.717) is 36.9 Å². The summed E-state index contributed by atoms with van der Waals surface area (Å²) in [5, 5.41) is 3.58. The van der Waals surface area contributed by atoms with Gasteiger partial charge in [0, 0.05) is 38.4 Å². The molecule has 2 rings (SSSR count). The lowest BCUT2D eigenvalue weighted by molar-refractivity contribution is 0.0701. The van der Waals surface area contributed by atoms with Gasteiger partial charge < -0.3 is 20.1 Å². The first-order valence-corrected chi connectivity index (χ1v) is 8.11. The predicted octanol–water partition coefficient (Wildman–Crippen LogP) is 2.32. The Bertz CT molecular complexity index is 519. The summed E-state index contributed by atoms with van der Waals surface area (Å²) in [6.07, 6.45) is 3.15. The first-order chi connectivity index (χ1) is 10.5. The fraction of sp³-hybridized carbons (Fsp3) is 0.600. The molecule has 0 spiro atoms. The van der Waals surface area contributed by atoms with E-state index in [2.05, 4.69) is 10.3 Å². The average Bonchev–Trinajstić information content (AvgIpc) is 2.95. The largest absolute Gasteiger partial charge is 0.356 e. The van der Waals surface area contributed by atoms with E-state index in [1.54, 1.807) is 22.1 Å². The van der Waals surface area contributed by atoms with E-state index in [1.807, 2.05) is 13.8 Å². The molecule has 0 unspecified atom stereocenters. The number of carbonyl (C=O) groups excluding carboxylic acids is 2. The third-order valence-corrected chi connectivity index (χ3v) is 4.26. The van der Waals surface area contributed by atoms with Crippen LogP contribution in [0.2, 0.25) is 5.02 Å². The highest BCUT2D eigenvalue weighted by Crippen LogP contribution is 2.16. The number of piperidine rings is 1. The molecule has 1 aliphatic heterocycles. The Morgan fingerprint density at radius 2 is 2.00 bits per heavy atom. The molecule has 6 nitrogen and oxygen atoms in total. The van der Waals surface area contributed by atoms with Gasteiger partial charge in [0.1, 0.15) is 5.69 Å². The van der Waals surface area contributed by atoms with Crippen LogP contribution < -0.4 is 5.32 Å². The number of H-pyrrole nitrogens is 1. The molecule has 1 fully saturated rings. The smallest absolute Gasteiger partial charge is 0.317 e. The molecule has 0 bridgehead atoms. The second kappa shape index (κ2) is 7.54. The molecule has 0 radical (unpaired) electrons. The molecule has 7 heteroatoms. The van der Waals surface area contributed by atoms with E-state index in [-0.39, 0.29) is 18.0 Å². The molecule has 0 saturated carbocycles. The highest BCUT2D eigenvalue weighted by Gasteiger charge is 2.26. The molecule has 0 aliphatic carbocycles. The minimum absolute atomic E-state index is 0.0223. The first-order valence-electron chi connectivity index (χ1n) is 7.73. The van der Waals surface area contributed by atoms with Crippen molar-refractivity contribution in [2.75, 3.05) is 26.2 Å². The van der Waals surface area contributed by atoms with Crippen molar-refractivity contribution < 1.29 is 9.59 Å². The SMILES string of the molecule is CCN(CC)C(=O)NC1CCN(C(=O)c2cc(Cl)c[nH]2)CC1. The van der Waals surface area contributed by atoms with Gasteiger partial charge in [-0.05, 0) is 32.8 Å². The number of likely N-dealkylation sites (tertiary alicyclic amines) is 1. The molecule has 22 heavy (non-hydrogen) atoms. The number of nitrogens with one attached hydrogen (secondary N) is 2. The van der Waals surface area contributed by atoms with Crippen LogP contribution >= 0.6 is 11.6 Å². The van der Waals surface area contributed by atoms with Gasteiger partial charge in [-0.1, -0.05) is 11.6 Å². The van der Waals surface area contributed by atoms with Crippen LogP contribution in [0, 0.1) is 0 Å². The van der Waals surface area contributed by atoms with Crippen molar-refractivity contribution in [1.82, 2.24) is 20.1 Å². The Hall–Kier alpha value is -1.69. The molecule has 1 aromatic rings. The summed E-state index contributed by atoms with van der Waals surface area (Å²) in [6, 6.07) is 1.74. The lowest BCUT2D eigenvalue weighted by Gasteiger charge is -2.33. The maximum Gasteiger partial charge on any atom is 0.317 e. The van der Waals surface area contributed by atoms with Crippen molar-refractivity contribution >= 4 is 23.5 Å². The number of amides is 3. The molecule has 1 aliphatic rings. The molecule has 1 saturated heterocycles. The third-order valence-electron chi connectivity index (χ3n) is 4.04. The molecule has 3 amide bonds. The Balaban J connectivity index is 1.83. The number of aromatic nitrogens is 1. The number of aromatic amines is 1. The Labute approximate surface area is 135 Å². The second-order valence-electron chi connectivity index (χ2n) is 5.42. The second-order valence-corrected chi connectivity index (χ2v) is 5.86. The molecule has 122 valence electrons. The van der Waals surface area contributed by atoms with Crippen LogP contribution in [0.15, 0.2) is 12.3 Å². The van der Waals surface area contributed by atoms with E-state index < -0.39 is 0 Å². The Morgan fingerprint density at radius 3 is 2.50 bits per heavy atom. The fourth-order valence-corrected chi connectivity index (χ4v) is 2.83. The molecule has 2 N–H and O–H groups in total. The van der Waals surface area contributed by atoms with Gasteiger partial charge in [0.2, 0.25) is 0 Å². The highest BCUT2D eigenvalue weighted by molar-refractivity contribution is 6.30. The van der Waals surface area contributed by atoms with Crippen LogP contribution in [-0.2, 0) is 0 Å². The standard InChI is InChI=1S/C15H23ClN4O2/c1-3-19(4-2)15(22)18-12-5-7-20(8-6-12)14(21)13-9-11(16)10-17-13/h9-10,12,17H,3-8H2,1-2H3,(H,18,22). The Morgan fingerprint density at radius 1 is 1.36 bits per heavy atom. The maximum atomic E-state index is 12.3. The lowest BCUT2D eigenvalue weighted by Crippen LogP contribution is -2.50. The fourth-order valence-electron chi connectivity index (χ4n) is 2.67. The van der Waals surface area contributed by atoms with E-state index in [0.717, 1.165) is 12.8 Å². The zero-order valence-electron chi connectivity index (χ0n) is 13.1. The van der Waals surface area contributed by atoms with Crippen LogP contribution in [0.5, 0.6) is 0 Å². The minimum Gasteiger partial charge on any atom is -0.356 e. The van der Waals surface area contributed by atoms with Crippen molar-refractivity contribution in [3.63, 3.8) is 0 Å². The van der Waals surface area contributed by atoms with Crippen LogP contribution in [0.1, 0.15) is 37.2 Å². The zero-order chi connectivity index (χ0) is 16.1. The van der Waals surface area contributed by atoms with Crippen LogP contribution in [0.3, 0.4) is 0 Å². The minimum atomic E-state index is -0.0413. The molecule has 0 atom stereocenters. The van der Waals surface area contributed by atoms with Gasteiger partial charge in [-0.3, -0.25) is 4.79 Å². The monoisotopic (exact) mass is 326 g/mol. The molecular formula is C15H23ClN4O2. The summed E-state index contributed by atoms with van der Waals surface area (Å²) in [6.45, 7) is 6.61. The topological polar surface area (TPSA) is 68.4 Å². The summed E-state index contributed by atoms with van der Waals surface area (Å²) in [7, 11) is 0. The van der Waals surface area contributed by atoms with Crippen LogP contribution in [0.4, 0.5) is 4.79 Å². The predicted molar refractivity (Wildman–Crippen MR) is 86.2 cm³/mol. The van der Waals surface area contributed by atoms with Gasteiger partial charge in [-0.25, -0.2) is 4.79 Å². The molecule has 0 aromatic carbocycles. The quantitative estimate of drug-likeness (QED) is 0.891. The third kappa shape index (κ3) is 3.94. The number of halogens is 1. The van der Waals surface area contributed by atoms with Crippen LogP contribution in [0.25, 0.3) is 0 Å². The number of hydrogen-bond donors (Lipinski definition) is 2. The van der Waals surface area contributed by atoms with Gasteiger partial charge in [0.15, 0.2) is 0 Å². The number of rotatable bonds is 4. The van der Waals surface area contributed by atoms with Crippen molar-refractivity contribution in [3.8, 4) is 0 Å². The molecule has 1 aromatic heterocycles. The summed E-state index contributed by atoms with van der Waals surface area (Å²) in [5.74, 6) is -0.0413. The number of nitrogens with zero attached hydrogens (tertiary/aromatic N) is 2. The van der Waals surface area contributed by atoms with Crippen molar-refractivity contribution in [2.45, 2.75) is 32.7 Å². The van der Waals surface area contributed by atoms with Gasteiger partial charge >= 0.3 is 6.03 Å². The average molecular weight is 327 g/mol.